The number of phosphoric acid groups is 1. The lowest BCUT2D eigenvalue weighted by atomic mass is 10.0. The number of nitrogens with zero attached hydrogens (tertiary/aromatic N) is 1. The molecule has 2 unspecified atom stereocenters. The molecule has 0 saturated heterocycles. The van der Waals surface area contributed by atoms with Crippen molar-refractivity contribution in [2.24, 2.45) is 0 Å². The number of ether oxygens (including phenoxy) is 2. The van der Waals surface area contributed by atoms with Crippen molar-refractivity contribution in [1.29, 1.82) is 0 Å². The minimum Gasteiger partial charge on any atom is -0.756 e. The first-order valence-electron chi connectivity index (χ1n) is 18.3. The summed E-state index contributed by atoms with van der Waals surface area (Å²) >= 11 is 0. The fourth-order valence-corrected chi connectivity index (χ4v) is 5.74. The van der Waals surface area contributed by atoms with Crippen molar-refractivity contribution in [3.05, 3.63) is 0 Å². The number of unbranched alkanes of at least 4 members (excludes halogenated alkanes) is 20. The quantitative estimate of drug-likeness (QED) is 0.0297. The number of rotatable bonds is 34. The maximum Gasteiger partial charge on any atom is 0.306 e. The zero-order valence-corrected chi connectivity index (χ0v) is 30.5. The highest BCUT2D eigenvalue weighted by Crippen LogP contribution is 2.38. The molecule has 44 heavy (non-hydrogen) atoms. The van der Waals surface area contributed by atoms with Crippen LogP contribution in [-0.4, -0.2) is 70.7 Å². The summed E-state index contributed by atoms with van der Waals surface area (Å²) < 4.78 is 34.2. The Morgan fingerprint density at radius 1 is 0.614 bits per heavy atom. The molecule has 0 radical (unpaired) electrons. The van der Waals surface area contributed by atoms with Crippen LogP contribution in [-0.2, 0) is 27.9 Å². The molecule has 0 heterocycles. The molecule has 9 heteroatoms. The summed E-state index contributed by atoms with van der Waals surface area (Å²) in [6.45, 7) is 5.37. The van der Waals surface area contributed by atoms with Crippen molar-refractivity contribution in [3.8, 4) is 0 Å². The van der Waals surface area contributed by atoms with Crippen molar-refractivity contribution < 1.29 is 37.3 Å². The van der Waals surface area contributed by atoms with Gasteiger partial charge >= 0.3 is 5.97 Å². The molecule has 0 aliphatic carbocycles. The third-order valence-electron chi connectivity index (χ3n) is 7.91. The molecule has 2 atom stereocenters. The Morgan fingerprint density at radius 2 is 1.05 bits per heavy atom. The van der Waals surface area contributed by atoms with Crippen LogP contribution < -0.4 is 4.89 Å². The standard InChI is InChI=1S/C35H72NO7P/c1-6-8-10-12-14-15-16-17-18-19-20-21-22-23-25-27-30-40-32-34(43-35(37)28-26-24-13-11-9-7-2)33-42-44(38,39)41-31-29-36(3,4)5/h34H,6-33H2,1-5H3. The van der Waals surface area contributed by atoms with Gasteiger partial charge in [0.1, 0.15) is 19.3 Å². The zero-order valence-electron chi connectivity index (χ0n) is 29.6. The molecule has 0 amide bonds. The van der Waals surface area contributed by atoms with Crippen LogP contribution in [0.5, 0.6) is 0 Å². The molecule has 0 aromatic rings. The number of phosphoric ester groups is 1. The smallest absolute Gasteiger partial charge is 0.306 e. The van der Waals surface area contributed by atoms with Gasteiger partial charge in [-0.15, -0.1) is 0 Å². The van der Waals surface area contributed by atoms with Crippen LogP contribution in [0.3, 0.4) is 0 Å². The van der Waals surface area contributed by atoms with E-state index >= 15 is 0 Å². The fourth-order valence-electron chi connectivity index (χ4n) is 5.02. The van der Waals surface area contributed by atoms with Crippen LogP contribution in [0.4, 0.5) is 0 Å². The summed E-state index contributed by atoms with van der Waals surface area (Å²) in [7, 11) is 1.36. The van der Waals surface area contributed by atoms with Crippen molar-refractivity contribution in [3.63, 3.8) is 0 Å². The van der Waals surface area contributed by atoms with Gasteiger partial charge in [-0.2, -0.15) is 0 Å². The maximum absolute atomic E-state index is 12.4. The second-order valence-corrected chi connectivity index (χ2v) is 15.0. The molecule has 0 aliphatic heterocycles. The van der Waals surface area contributed by atoms with E-state index in [4.69, 9.17) is 18.5 Å². The Morgan fingerprint density at radius 3 is 1.50 bits per heavy atom. The minimum atomic E-state index is -4.50. The molecule has 0 fully saturated rings. The van der Waals surface area contributed by atoms with E-state index in [1.54, 1.807) is 0 Å². The summed E-state index contributed by atoms with van der Waals surface area (Å²) in [6.07, 6.45) is 27.0. The second-order valence-electron chi connectivity index (χ2n) is 13.6. The molecule has 0 saturated carbocycles. The molecular formula is C35H72NO7P. The van der Waals surface area contributed by atoms with Gasteiger partial charge in [0, 0.05) is 13.0 Å². The van der Waals surface area contributed by atoms with E-state index in [-0.39, 0.29) is 25.8 Å². The van der Waals surface area contributed by atoms with Crippen molar-refractivity contribution in [1.82, 2.24) is 0 Å². The Kier molecular flexibility index (Phi) is 29.5. The molecule has 0 aromatic heterocycles. The van der Waals surface area contributed by atoms with E-state index in [1.807, 2.05) is 21.1 Å². The van der Waals surface area contributed by atoms with E-state index in [2.05, 4.69) is 13.8 Å². The number of hydrogen-bond acceptors (Lipinski definition) is 7. The zero-order chi connectivity index (χ0) is 32.8. The first-order valence-corrected chi connectivity index (χ1v) is 19.7. The maximum atomic E-state index is 12.4. The number of quaternary nitrogens is 1. The average molecular weight is 650 g/mol. The Hall–Kier alpha value is -0.500. The van der Waals surface area contributed by atoms with E-state index in [9.17, 15) is 14.3 Å². The molecule has 0 spiro atoms. The SMILES string of the molecule is CCCCCCCCCCCCCCCCCCOCC(COP(=O)([O-])OCC[N+](C)(C)C)OC(=O)CCCCCCCC. The van der Waals surface area contributed by atoms with Crippen molar-refractivity contribution in [2.45, 2.75) is 168 Å². The van der Waals surface area contributed by atoms with Gasteiger partial charge in [-0.3, -0.25) is 9.36 Å². The van der Waals surface area contributed by atoms with Gasteiger partial charge in [0.05, 0.1) is 34.4 Å². The predicted molar refractivity (Wildman–Crippen MR) is 181 cm³/mol. The Balaban J connectivity index is 4.13. The second kappa shape index (κ2) is 29.9. The number of esters is 1. The van der Waals surface area contributed by atoms with Crippen LogP contribution in [0.25, 0.3) is 0 Å². The monoisotopic (exact) mass is 650 g/mol. The molecule has 0 bridgehead atoms. The van der Waals surface area contributed by atoms with E-state index in [1.165, 1.54) is 109 Å². The summed E-state index contributed by atoms with van der Waals surface area (Å²) in [5, 5.41) is 0. The molecule has 8 nitrogen and oxygen atoms in total. The van der Waals surface area contributed by atoms with Crippen LogP contribution >= 0.6 is 7.82 Å². The molecule has 0 aliphatic rings. The molecular weight excluding hydrogens is 577 g/mol. The molecule has 264 valence electrons. The fraction of sp³-hybridized carbons (Fsp3) is 0.971. The van der Waals surface area contributed by atoms with Gasteiger partial charge in [-0.1, -0.05) is 142 Å². The average Bonchev–Trinajstić information content (AvgIpc) is 2.96. The highest BCUT2D eigenvalue weighted by Gasteiger charge is 2.20. The van der Waals surface area contributed by atoms with Crippen LogP contribution in [0.2, 0.25) is 0 Å². The molecule has 0 rings (SSSR count). The van der Waals surface area contributed by atoms with Crippen molar-refractivity contribution in [2.75, 3.05) is 54.1 Å². The summed E-state index contributed by atoms with van der Waals surface area (Å²) in [6, 6.07) is 0. The van der Waals surface area contributed by atoms with Crippen molar-refractivity contribution >= 4 is 13.8 Å². The molecule has 0 N–H and O–H groups in total. The summed E-state index contributed by atoms with van der Waals surface area (Å²) in [5.74, 6) is -0.341. The highest BCUT2D eigenvalue weighted by atomic mass is 31.2. The lowest BCUT2D eigenvalue weighted by molar-refractivity contribution is -0.870. The highest BCUT2D eigenvalue weighted by molar-refractivity contribution is 7.45. The minimum absolute atomic E-state index is 0.0303. The van der Waals surface area contributed by atoms with E-state index in [0.717, 1.165) is 32.1 Å². The molecule has 0 aromatic carbocycles. The third kappa shape index (κ3) is 32.9. The van der Waals surface area contributed by atoms with Crippen LogP contribution in [0.15, 0.2) is 0 Å². The largest absolute Gasteiger partial charge is 0.756 e. The van der Waals surface area contributed by atoms with Gasteiger partial charge in [-0.25, -0.2) is 0 Å². The summed E-state index contributed by atoms with van der Waals surface area (Å²) in [5.41, 5.74) is 0. The Labute approximate surface area is 272 Å². The predicted octanol–water partition coefficient (Wildman–Crippen LogP) is 9.13. The summed E-state index contributed by atoms with van der Waals surface area (Å²) in [4.78, 5) is 24.7. The number of carbonyl (C=O) groups excluding carboxylic acids is 1. The first kappa shape index (κ1) is 43.5. The van der Waals surface area contributed by atoms with Gasteiger partial charge in [0.2, 0.25) is 0 Å². The lowest BCUT2D eigenvalue weighted by Crippen LogP contribution is -2.37. The lowest BCUT2D eigenvalue weighted by Gasteiger charge is -2.28. The third-order valence-corrected chi connectivity index (χ3v) is 8.87. The van der Waals surface area contributed by atoms with E-state index in [0.29, 0.717) is 24.1 Å². The first-order chi connectivity index (χ1) is 21.1. The Bertz CT molecular complexity index is 686. The van der Waals surface area contributed by atoms with Gasteiger partial charge in [0.15, 0.2) is 0 Å². The van der Waals surface area contributed by atoms with E-state index < -0.39 is 13.9 Å². The van der Waals surface area contributed by atoms with Gasteiger partial charge in [-0.05, 0) is 12.8 Å². The van der Waals surface area contributed by atoms with Gasteiger partial charge < -0.3 is 27.9 Å². The van der Waals surface area contributed by atoms with Gasteiger partial charge in [0.25, 0.3) is 7.82 Å². The number of carbonyl (C=O) groups is 1. The normalized spacial score (nSPS) is 14.0. The number of likely N-dealkylation sites (N-methyl/N-ethyl adjacent to an activating group) is 1. The topological polar surface area (TPSA) is 94.1 Å². The van der Waals surface area contributed by atoms with Crippen LogP contribution in [0.1, 0.15) is 162 Å². The van der Waals surface area contributed by atoms with Crippen LogP contribution in [0, 0.1) is 0 Å². The number of hydrogen-bond donors (Lipinski definition) is 0.